The number of hydrogen-bond acceptors (Lipinski definition) is 12. The van der Waals surface area contributed by atoms with Crippen LogP contribution in [0.1, 0.15) is 82.9 Å². The Morgan fingerprint density at radius 3 is 2.17 bits per heavy atom. The van der Waals surface area contributed by atoms with Gasteiger partial charge in [0, 0.05) is 65.1 Å². The van der Waals surface area contributed by atoms with Gasteiger partial charge in [-0.1, -0.05) is 29.4 Å². The Morgan fingerprint density at radius 1 is 0.827 bits per heavy atom. The first-order chi connectivity index (χ1) is 24.5. The highest BCUT2D eigenvalue weighted by Gasteiger charge is 2.70. The number of Topliss-reactive ketones (excluding diaryl/α,β-unsaturated/α-hetero) is 2. The number of carbonyl (C=O) groups excluding carboxylic acids is 2. The molecule has 7 rings (SSSR count). The number of phenols is 7. The minimum atomic E-state index is -2.75. The summed E-state index contributed by atoms with van der Waals surface area (Å²) in [7, 11) is 0. The molecule has 2 heterocycles. The van der Waals surface area contributed by atoms with E-state index in [0.29, 0.717) is 5.57 Å². The fourth-order valence-corrected chi connectivity index (χ4v) is 7.87. The molecule has 0 radical (unpaired) electrons. The van der Waals surface area contributed by atoms with E-state index in [9.17, 15) is 50.4 Å². The van der Waals surface area contributed by atoms with Crippen molar-refractivity contribution in [2.24, 2.45) is 5.92 Å². The smallest absolute Gasteiger partial charge is 0.318 e. The normalized spacial score (nSPS) is 24.4. The van der Waals surface area contributed by atoms with Crippen LogP contribution in [0.4, 0.5) is 0 Å². The average molecular weight is 709 g/mol. The molecule has 8 N–H and O–H groups in total. The zero-order valence-electron chi connectivity index (χ0n) is 28.3. The maximum Gasteiger partial charge on any atom is 0.318 e. The van der Waals surface area contributed by atoms with Crippen LogP contribution in [0, 0.1) is 5.92 Å². The molecular weight excluding hydrogens is 672 g/mol. The van der Waals surface area contributed by atoms with Crippen molar-refractivity contribution >= 4 is 11.6 Å². The molecule has 4 aromatic rings. The second-order valence-corrected chi connectivity index (χ2v) is 13.9. The predicted molar refractivity (Wildman–Crippen MR) is 185 cm³/mol. The molecule has 0 spiro atoms. The number of carbonyl (C=O) groups is 2. The topological polar surface area (TPSA) is 214 Å². The molecule has 268 valence electrons. The molecule has 1 aliphatic carbocycles. The summed E-state index contributed by atoms with van der Waals surface area (Å²) in [5, 5.41) is 87.7. The standard InChI is InChI=1S/C40H36O12/c1-18(2)8-9-39-28-7-5-22(42)16-31(28)52-40(39,50)38(49)35-32(51-39)17-30(46)34(37(35)48)27-11-19(3)10-26(25-6-4-21(41)15-29(25)45)33(27)36(47)20-12-23(43)14-24(44)13-20/h4-8,11-17,26-27,33,41-46,48,50H,9-10H2,1-3H3. The van der Waals surface area contributed by atoms with Gasteiger partial charge in [0.1, 0.15) is 57.3 Å². The van der Waals surface area contributed by atoms with Gasteiger partial charge in [-0.25, -0.2) is 0 Å². The van der Waals surface area contributed by atoms with E-state index in [2.05, 4.69) is 0 Å². The van der Waals surface area contributed by atoms with E-state index in [1.165, 1.54) is 30.3 Å². The molecule has 52 heavy (non-hydrogen) atoms. The van der Waals surface area contributed by atoms with Crippen LogP contribution in [0.3, 0.4) is 0 Å². The van der Waals surface area contributed by atoms with Gasteiger partial charge in [-0.15, -0.1) is 0 Å². The molecule has 5 atom stereocenters. The number of ether oxygens (including phenoxy) is 2. The van der Waals surface area contributed by atoms with Crippen LogP contribution in [0.2, 0.25) is 0 Å². The third-order valence-corrected chi connectivity index (χ3v) is 10.2. The Hall–Kier alpha value is -6.14. The Labute approximate surface area is 297 Å². The molecule has 0 bridgehead atoms. The molecule has 2 aliphatic heterocycles. The van der Waals surface area contributed by atoms with Gasteiger partial charge in [0.2, 0.25) is 11.4 Å². The predicted octanol–water partition coefficient (Wildman–Crippen LogP) is 6.25. The monoisotopic (exact) mass is 708 g/mol. The Morgan fingerprint density at radius 2 is 1.50 bits per heavy atom. The van der Waals surface area contributed by atoms with E-state index in [1.54, 1.807) is 19.1 Å². The van der Waals surface area contributed by atoms with E-state index in [1.807, 2.05) is 13.8 Å². The van der Waals surface area contributed by atoms with Crippen LogP contribution in [0.15, 0.2) is 84.0 Å². The number of allylic oxidation sites excluding steroid dienone is 3. The van der Waals surface area contributed by atoms with Gasteiger partial charge in [0.15, 0.2) is 5.78 Å². The number of fused-ring (bicyclic) bond motifs is 4. The number of aliphatic hydroxyl groups is 1. The fraction of sp³-hybridized carbons (Fsp3) is 0.250. The molecular formula is C40H36O12. The molecule has 12 nitrogen and oxygen atoms in total. The van der Waals surface area contributed by atoms with Crippen LogP contribution in [0.5, 0.6) is 51.7 Å². The van der Waals surface area contributed by atoms with Crippen molar-refractivity contribution < 1.29 is 59.9 Å². The van der Waals surface area contributed by atoms with Crippen LogP contribution in [0.25, 0.3) is 0 Å². The number of hydrogen-bond donors (Lipinski definition) is 8. The quantitative estimate of drug-likeness (QED) is 0.0824. The Balaban J connectivity index is 1.43. The summed E-state index contributed by atoms with van der Waals surface area (Å²) in [5.41, 5.74) is -0.788. The zero-order valence-corrected chi connectivity index (χ0v) is 28.3. The summed E-state index contributed by atoms with van der Waals surface area (Å²) in [6.45, 7) is 5.37. The molecule has 0 amide bonds. The largest absolute Gasteiger partial charge is 0.508 e. The molecule has 0 fully saturated rings. The zero-order chi connectivity index (χ0) is 37.4. The van der Waals surface area contributed by atoms with Crippen molar-refractivity contribution in [2.45, 2.75) is 56.8 Å². The van der Waals surface area contributed by atoms with Gasteiger partial charge < -0.3 is 50.3 Å². The lowest BCUT2D eigenvalue weighted by molar-refractivity contribution is -0.201. The maximum absolute atomic E-state index is 14.6. The summed E-state index contributed by atoms with van der Waals surface area (Å²) < 4.78 is 12.3. The van der Waals surface area contributed by atoms with E-state index in [4.69, 9.17) is 9.47 Å². The van der Waals surface area contributed by atoms with Crippen LogP contribution in [-0.2, 0) is 5.60 Å². The Bertz CT molecular complexity index is 2230. The third kappa shape index (κ3) is 5.17. The number of phenolic OH excluding ortho intramolecular Hbond substituents is 7. The van der Waals surface area contributed by atoms with Crippen molar-refractivity contribution in [3.8, 4) is 51.7 Å². The van der Waals surface area contributed by atoms with Crippen molar-refractivity contribution in [1.82, 2.24) is 0 Å². The molecule has 0 saturated carbocycles. The van der Waals surface area contributed by atoms with Gasteiger partial charge in [0.05, 0.1) is 0 Å². The summed E-state index contributed by atoms with van der Waals surface area (Å²) in [6, 6.07) is 12.4. The highest BCUT2D eigenvalue weighted by Crippen LogP contribution is 2.60. The van der Waals surface area contributed by atoms with Crippen LogP contribution in [-0.4, -0.2) is 58.2 Å². The van der Waals surface area contributed by atoms with Crippen molar-refractivity contribution in [1.29, 1.82) is 0 Å². The van der Waals surface area contributed by atoms with Gasteiger partial charge in [-0.2, -0.15) is 0 Å². The second kappa shape index (κ2) is 12.0. The first-order valence-electron chi connectivity index (χ1n) is 16.5. The first kappa shape index (κ1) is 34.3. The van der Waals surface area contributed by atoms with Crippen molar-refractivity contribution in [3.05, 3.63) is 112 Å². The minimum Gasteiger partial charge on any atom is -0.508 e. The summed E-state index contributed by atoms with van der Waals surface area (Å²) in [6.07, 6.45) is 3.49. The highest BCUT2D eigenvalue weighted by molar-refractivity contribution is 6.09. The van der Waals surface area contributed by atoms with Gasteiger partial charge in [-0.05, 0) is 63.1 Å². The van der Waals surface area contributed by atoms with E-state index >= 15 is 0 Å². The third-order valence-electron chi connectivity index (χ3n) is 10.2. The summed E-state index contributed by atoms with van der Waals surface area (Å²) in [5.74, 6) is -11.0. The second-order valence-electron chi connectivity index (χ2n) is 13.9. The average Bonchev–Trinajstić information content (AvgIpc) is 3.30. The highest BCUT2D eigenvalue weighted by atomic mass is 16.7. The van der Waals surface area contributed by atoms with E-state index in [-0.39, 0.29) is 63.8 Å². The SMILES string of the molecule is CC(C)=CCC12Oc3cc(O)c(C4C=C(C)CC(c5ccc(O)cc5O)C4C(=O)c4cc(O)cc(O)c4)c(O)c3C(=O)C1(O)Oc1cc(O)ccc12. The van der Waals surface area contributed by atoms with Crippen LogP contribution >= 0.6 is 0 Å². The maximum atomic E-state index is 14.6. The lowest BCUT2D eigenvalue weighted by Crippen LogP contribution is -2.62. The lowest BCUT2D eigenvalue weighted by atomic mass is 9.65. The lowest BCUT2D eigenvalue weighted by Gasteiger charge is -2.43. The molecule has 3 aliphatic rings. The summed E-state index contributed by atoms with van der Waals surface area (Å²) in [4.78, 5) is 29.1. The van der Waals surface area contributed by atoms with E-state index in [0.717, 1.165) is 35.9 Å². The van der Waals surface area contributed by atoms with Gasteiger partial charge in [-0.3, -0.25) is 9.59 Å². The molecule has 12 heteroatoms. The molecule has 5 unspecified atom stereocenters. The van der Waals surface area contributed by atoms with Crippen LogP contribution < -0.4 is 9.47 Å². The van der Waals surface area contributed by atoms with Gasteiger partial charge >= 0.3 is 5.79 Å². The number of ketones is 2. The molecule has 0 saturated heterocycles. The first-order valence-corrected chi connectivity index (χ1v) is 16.5. The minimum absolute atomic E-state index is 0.0304. The van der Waals surface area contributed by atoms with Gasteiger partial charge in [0.25, 0.3) is 0 Å². The summed E-state index contributed by atoms with van der Waals surface area (Å²) >= 11 is 0. The molecule has 4 aromatic carbocycles. The Kier molecular flexibility index (Phi) is 7.91. The van der Waals surface area contributed by atoms with Crippen molar-refractivity contribution in [2.75, 3.05) is 0 Å². The molecule has 0 aromatic heterocycles. The van der Waals surface area contributed by atoms with E-state index < -0.39 is 69.3 Å². The number of benzene rings is 4. The number of rotatable bonds is 6. The van der Waals surface area contributed by atoms with Crippen molar-refractivity contribution in [3.63, 3.8) is 0 Å². The number of aromatic hydroxyl groups is 7. The fourth-order valence-electron chi connectivity index (χ4n) is 7.87.